The van der Waals surface area contributed by atoms with Gasteiger partial charge in [0.15, 0.2) is 5.78 Å². The van der Waals surface area contributed by atoms with Gasteiger partial charge in [0.05, 0.1) is 0 Å². The lowest BCUT2D eigenvalue weighted by Gasteiger charge is -2.23. The summed E-state index contributed by atoms with van der Waals surface area (Å²) in [6.45, 7) is 1.91. The van der Waals surface area contributed by atoms with Crippen LogP contribution in [0.2, 0.25) is 0 Å². The minimum Gasteiger partial charge on any atom is -0.292 e. The fourth-order valence-corrected chi connectivity index (χ4v) is 1.56. The van der Waals surface area contributed by atoms with Gasteiger partial charge in [0.25, 0.3) is 0 Å². The molecule has 0 unspecified atom stereocenters. The maximum Gasteiger partial charge on any atom is 0.184 e. The van der Waals surface area contributed by atoms with Crippen molar-refractivity contribution < 1.29 is 4.79 Å². The average molecular weight is 175 g/mol. The van der Waals surface area contributed by atoms with Gasteiger partial charge in [0, 0.05) is 11.6 Å². The molecule has 0 N–H and O–H groups in total. The van der Waals surface area contributed by atoms with E-state index in [0.717, 1.165) is 18.5 Å². The van der Waals surface area contributed by atoms with Crippen molar-refractivity contribution in [3.05, 3.63) is 29.6 Å². The first-order chi connectivity index (χ1) is 6.27. The van der Waals surface area contributed by atoms with Gasteiger partial charge in [-0.2, -0.15) is 0 Å². The standard InChI is InChI=1S/C11H13NO/c1-8-4-2-7-10(12-8)11(13)9-5-3-6-9/h2,4,7,9H,3,5-6H2,1H3. The summed E-state index contributed by atoms with van der Waals surface area (Å²) in [7, 11) is 0. The van der Waals surface area contributed by atoms with E-state index < -0.39 is 0 Å². The topological polar surface area (TPSA) is 30.0 Å². The normalized spacial score (nSPS) is 16.7. The second kappa shape index (κ2) is 3.29. The molecule has 2 heteroatoms. The van der Waals surface area contributed by atoms with Crippen LogP contribution in [0.5, 0.6) is 0 Å². The fourth-order valence-electron chi connectivity index (χ4n) is 1.56. The van der Waals surface area contributed by atoms with Gasteiger partial charge in [-0.3, -0.25) is 9.78 Å². The van der Waals surface area contributed by atoms with E-state index in [-0.39, 0.29) is 11.7 Å². The van der Waals surface area contributed by atoms with E-state index in [1.807, 2.05) is 25.1 Å². The number of nitrogens with zero attached hydrogens (tertiary/aromatic N) is 1. The van der Waals surface area contributed by atoms with Gasteiger partial charge in [-0.15, -0.1) is 0 Å². The third-order valence-corrected chi connectivity index (χ3v) is 2.62. The first-order valence-electron chi connectivity index (χ1n) is 4.75. The van der Waals surface area contributed by atoms with Crippen LogP contribution in [0.15, 0.2) is 18.2 Å². The van der Waals surface area contributed by atoms with Crippen molar-refractivity contribution in [2.24, 2.45) is 5.92 Å². The van der Waals surface area contributed by atoms with Crippen molar-refractivity contribution in [1.29, 1.82) is 0 Å². The van der Waals surface area contributed by atoms with Crippen LogP contribution in [0.3, 0.4) is 0 Å². The van der Waals surface area contributed by atoms with E-state index in [1.165, 1.54) is 6.42 Å². The van der Waals surface area contributed by atoms with E-state index in [9.17, 15) is 4.79 Å². The van der Waals surface area contributed by atoms with Gasteiger partial charge in [-0.05, 0) is 31.9 Å². The van der Waals surface area contributed by atoms with Gasteiger partial charge in [0.2, 0.25) is 0 Å². The Labute approximate surface area is 78.0 Å². The molecule has 2 nitrogen and oxygen atoms in total. The lowest BCUT2D eigenvalue weighted by molar-refractivity contribution is 0.0849. The summed E-state index contributed by atoms with van der Waals surface area (Å²) in [5.74, 6) is 0.490. The van der Waals surface area contributed by atoms with Crippen molar-refractivity contribution in [3.63, 3.8) is 0 Å². The van der Waals surface area contributed by atoms with E-state index in [2.05, 4.69) is 4.98 Å². The van der Waals surface area contributed by atoms with Gasteiger partial charge >= 0.3 is 0 Å². The number of hydrogen-bond acceptors (Lipinski definition) is 2. The maximum absolute atomic E-state index is 11.7. The highest BCUT2D eigenvalue weighted by Gasteiger charge is 2.26. The summed E-state index contributed by atoms with van der Waals surface area (Å²) in [4.78, 5) is 15.9. The van der Waals surface area contributed by atoms with Gasteiger partial charge < -0.3 is 0 Å². The van der Waals surface area contributed by atoms with Crippen molar-refractivity contribution in [2.45, 2.75) is 26.2 Å². The predicted molar refractivity (Wildman–Crippen MR) is 50.6 cm³/mol. The Bertz CT molecular complexity index is 329. The van der Waals surface area contributed by atoms with E-state index in [0.29, 0.717) is 5.69 Å². The SMILES string of the molecule is Cc1cccc(C(=O)C2CCC2)n1. The Morgan fingerprint density at radius 3 is 2.77 bits per heavy atom. The zero-order chi connectivity index (χ0) is 9.26. The first kappa shape index (κ1) is 8.42. The molecule has 1 aliphatic carbocycles. The van der Waals surface area contributed by atoms with Crippen LogP contribution in [0.1, 0.15) is 35.4 Å². The molecular formula is C11H13NO. The molecule has 1 saturated carbocycles. The third kappa shape index (κ3) is 1.62. The highest BCUT2D eigenvalue weighted by molar-refractivity contribution is 5.96. The minimum absolute atomic E-state index is 0.231. The van der Waals surface area contributed by atoms with Crippen LogP contribution < -0.4 is 0 Å². The van der Waals surface area contributed by atoms with E-state index in [1.54, 1.807) is 0 Å². The number of pyridine rings is 1. The Balaban J connectivity index is 2.19. The number of carbonyl (C=O) groups is 1. The molecule has 0 saturated heterocycles. The van der Waals surface area contributed by atoms with E-state index in [4.69, 9.17) is 0 Å². The van der Waals surface area contributed by atoms with Gasteiger partial charge in [-0.25, -0.2) is 0 Å². The Hall–Kier alpha value is -1.18. The number of hydrogen-bond donors (Lipinski definition) is 0. The van der Waals surface area contributed by atoms with Gasteiger partial charge in [-0.1, -0.05) is 12.5 Å². The molecular weight excluding hydrogens is 162 g/mol. The molecule has 0 aromatic carbocycles. The number of rotatable bonds is 2. The number of aromatic nitrogens is 1. The lowest BCUT2D eigenvalue weighted by Crippen LogP contribution is -2.22. The molecule has 68 valence electrons. The van der Waals surface area contributed by atoms with Crippen molar-refractivity contribution in [1.82, 2.24) is 4.98 Å². The molecule has 2 rings (SSSR count). The molecule has 0 atom stereocenters. The number of Topliss-reactive ketones (excluding diaryl/α,β-unsaturated/α-hetero) is 1. The van der Waals surface area contributed by atoms with Crippen LogP contribution in [0.25, 0.3) is 0 Å². The first-order valence-corrected chi connectivity index (χ1v) is 4.75. The molecule has 0 spiro atoms. The Morgan fingerprint density at radius 1 is 1.46 bits per heavy atom. The highest BCUT2D eigenvalue weighted by atomic mass is 16.1. The van der Waals surface area contributed by atoms with Crippen LogP contribution in [-0.2, 0) is 0 Å². The molecule has 1 aromatic rings. The number of ketones is 1. The molecule has 1 fully saturated rings. The van der Waals surface area contributed by atoms with Crippen LogP contribution in [-0.4, -0.2) is 10.8 Å². The van der Waals surface area contributed by atoms with E-state index >= 15 is 0 Å². The smallest absolute Gasteiger partial charge is 0.184 e. The maximum atomic E-state index is 11.7. The molecule has 1 aromatic heterocycles. The molecule has 0 amide bonds. The predicted octanol–water partition coefficient (Wildman–Crippen LogP) is 2.37. The highest BCUT2D eigenvalue weighted by Crippen LogP contribution is 2.29. The summed E-state index contributed by atoms with van der Waals surface area (Å²) in [6.07, 6.45) is 3.30. The number of carbonyl (C=O) groups excluding carboxylic acids is 1. The molecule has 1 heterocycles. The molecule has 0 radical (unpaired) electrons. The quantitative estimate of drug-likeness (QED) is 0.646. The summed E-state index contributed by atoms with van der Waals surface area (Å²) >= 11 is 0. The largest absolute Gasteiger partial charge is 0.292 e. The minimum atomic E-state index is 0.231. The Morgan fingerprint density at radius 2 is 2.23 bits per heavy atom. The van der Waals surface area contributed by atoms with Crippen LogP contribution >= 0.6 is 0 Å². The summed E-state index contributed by atoms with van der Waals surface area (Å²) < 4.78 is 0. The van der Waals surface area contributed by atoms with Crippen LogP contribution in [0.4, 0.5) is 0 Å². The van der Waals surface area contributed by atoms with Crippen molar-refractivity contribution in [2.75, 3.05) is 0 Å². The van der Waals surface area contributed by atoms with Gasteiger partial charge in [0.1, 0.15) is 5.69 Å². The lowest BCUT2D eigenvalue weighted by atomic mass is 9.81. The zero-order valence-electron chi connectivity index (χ0n) is 7.79. The van der Waals surface area contributed by atoms with Crippen molar-refractivity contribution in [3.8, 4) is 0 Å². The number of aryl methyl sites for hydroxylation is 1. The fraction of sp³-hybridized carbons (Fsp3) is 0.455. The summed E-state index contributed by atoms with van der Waals surface area (Å²) in [5, 5.41) is 0. The summed E-state index contributed by atoms with van der Waals surface area (Å²) in [6, 6.07) is 5.62. The second-order valence-electron chi connectivity index (χ2n) is 3.66. The van der Waals surface area contributed by atoms with Crippen molar-refractivity contribution >= 4 is 5.78 Å². The molecule has 0 bridgehead atoms. The average Bonchev–Trinajstić information content (AvgIpc) is 2.01. The van der Waals surface area contributed by atoms with Crippen LogP contribution in [0, 0.1) is 12.8 Å². The monoisotopic (exact) mass is 175 g/mol. The third-order valence-electron chi connectivity index (χ3n) is 2.62. The molecule has 0 aliphatic heterocycles. The molecule has 13 heavy (non-hydrogen) atoms. The molecule has 1 aliphatic rings. The Kier molecular flexibility index (Phi) is 2.13. The summed E-state index contributed by atoms with van der Waals surface area (Å²) in [5.41, 5.74) is 1.56. The second-order valence-corrected chi connectivity index (χ2v) is 3.66. The zero-order valence-corrected chi connectivity index (χ0v) is 7.79.